The predicted molar refractivity (Wildman–Crippen MR) is 202 cm³/mol. The van der Waals surface area contributed by atoms with Gasteiger partial charge in [-0.1, -0.05) is 83.2 Å². The third-order valence-corrected chi connectivity index (χ3v) is 16.8. The van der Waals surface area contributed by atoms with E-state index in [-0.39, 0.29) is 23.0 Å². The van der Waals surface area contributed by atoms with Crippen molar-refractivity contribution in [1.29, 1.82) is 0 Å². The van der Waals surface area contributed by atoms with Crippen LogP contribution >= 0.6 is 0 Å². The zero-order valence-electron chi connectivity index (χ0n) is 31.8. The molecule has 4 fully saturated rings. The molecule has 0 saturated heterocycles. The number of benzene rings is 1. The van der Waals surface area contributed by atoms with E-state index in [1.54, 1.807) is 0 Å². The van der Waals surface area contributed by atoms with Crippen LogP contribution in [0.15, 0.2) is 66.3 Å². The number of alkyl halides is 1. The fourth-order valence-electron chi connectivity index (χ4n) is 14.1. The van der Waals surface area contributed by atoms with Crippen molar-refractivity contribution >= 4 is 5.97 Å². The van der Waals surface area contributed by atoms with Gasteiger partial charge in [-0.05, 0) is 145 Å². The molecule has 50 heavy (non-hydrogen) atoms. The van der Waals surface area contributed by atoms with Crippen LogP contribution in [0.25, 0.3) is 0 Å². The maximum atomic E-state index is 14.7. The molecule has 1 aromatic carbocycles. The van der Waals surface area contributed by atoms with Crippen LogP contribution in [0.2, 0.25) is 0 Å². The highest BCUT2D eigenvalue weighted by molar-refractivity contribution is 5.78. The second-order valence-electron chi connectivity index (χ2n) is 19.0. The molecular formula is C45H65FN2O2. The molecule has 0 amide bonds. The lowest BCUT2D eigenvalue weighted by Crippen LogP contribution is -2.68. The highest BCUT2D eigenvalue weighted by Gasteiger charge is 2.70. The zero-order chi connectivity index (χ0) is 35.6. The van der Waals surface area contributed by atoms with Crippen LogP contribution in [-0.4, -0.2) is 31.3 Å². The minimum atomic E-state index is -1.08. The normalized spacial score (nSPS) is 43.3. The van der Waals surface area contributed by atoms with Gasteiger partial charge in [-0.3, -0.25) is 4.79 Å². The van der Waals surface area contributed by atoms with Gasteiger partial charge in [-0.2, -0.15) is 0 Å². The molecule has 0 aromatic heterocycles. The first-order chi connectivity index (χ1) is 23.8. The molecule has 0 radical (unpaired) electrons. The molecule has 10 atom stereocenters. The van der Waals surface area contributed by atoms with E-state index >= 15 is 0 Å². The Labute approximate surface area is 302 Å². The smallest absolute Gasteiger partial charge is 0.315 e. The fourth-order valence-corrected chi connectivity index (χ4v) is 14.1. The minimum Gasteiger partial charge on any atom is -0.460 e. The summed E-state index contributed by atoms with van der Waals surface area (Å²) in [6.45, 7) is 18.6. The predicted octanol–water partition coefficient (Wildman–Crippen LogP) is 9.90. The summed E-state index contributed by atoms with van der Waals surface area (Å²) in [5.41, 5.74) is 9.82. The molecule has 7 rings (SSSR count). The van der Waals surface area contributed by atoms with E-state index < -0.39 is 18.1 Å². The van der Waals surface area contributed by atoms with Gasteiger partial charge in [-0.15, -0.1) is 6.58 Å². The van der Waals surface area contributed by atoms with Crippen molar-refractivity contribution in [2.24, 2.45) is 62.4 Å². The van der Waals surface area contributed by atoms with Crippen LogP contribution < -0.4 is 11.1 Å². The van der Waals surface area contributed by atoms with Crippen molar-refractivity contribution in [1.82, 2.24) is 5.32 Å². The van der Waals surface area contributed by atoms with Crippen LogP contribution in [0.3, 0.4) is 0 Å². The molecule has 0 spiro atoms. The Morgan fingerprint density at radius 1 is 0.940 bits per heavy atom. The van der Waals surface area contributed by atoms with E-state index in [2.05, 4.69) is 64.7 Å². The first-order valence-electron chi connectivity index (χ1n) is 20.1. The number of rotatable bonds is 9. The van der Waals surface area contributed by atoms with Gasteiger partial charge >= 0.3 is 5.97 Å². The SMILES string of the molecule is C=C[C@@H]1CC[C@]2(NCCN)CC[C@]3(C)[C@H](CC[C@@H]4[C@@]5(C)CC=C(C6=CC[C@](CF)(C(=O)OCc7ccccc7)CC6)C(C)(C)[C@@H]5CC[C@]43C)[C@@H]12. The summed E-state index contributed by atoms with van der Waals surface area (Å²) in [5, 5.41) is 4.04. The van der Waals surface area contributed by atoms with Crippen molar-refractivity contribution in [3.8, 4) is 0 Å². The van der Waals surface area contributed by atoms with Crippen LogP contribution in [0.4, 0.5) is 4.39 Å². The van der Waals surface area contributed by atoms with Gasteiger partial charge in [0, 0.05) is 18.6 Å². The molecule has 5 heteroatoms. The maximum Gasteiger partial charge on any atom is 0.315 e. The number of hydrogen-bond acceptors (Lipinski definition) is 4. The number of nitrogens with one attached hydrogen (secondary N) is 1. The van der Waals surface area contributed by atoms with E-state index in [0.717, 1.165) is 30.9 Å². The number of esters is 1. The number of halogens is 1. The first-order valence-corrected chi connectivity index (χ1v) is 20.1. The summed E-state index contributed by atoms with van der Waals surface area (Å²) in [6, 6.07) is 9.69. The van der Waals surface area contributed by atoms with Gasteiger partial charge in [0.15, 0.2) is 0 Å². The summed E-state index contributed by atoms with van der Waals surface area (Å²) in [6.07, 6.45) is 20.2. The second-order valence-corrected chi connectivity index (χ2v) is 19.0. The number of carbonyl (C=O) groups is 1. The number of fused-ring (bicyclic) bond motifs is 7. The molecule has 0 heterocycles. The number of hydrogen-bond donors (Lipinski definition) is 2. The molecule has 274 valence electrons. The molecular weight excluding hydrogens is 620 g/mol. The molecule has 3 N–H and O–H groups in total. The molecule has 6 aliphatic rings. The Bertz CT molecular complexity index is 1520. The Hall–Kier alpha value is -2.24. The lowest BCUT2D eigenvalue weighted by molar-refractivity contribution is -0.220. The average Bonchev–Trinajstić information content (AvgIpc) is 3.49. The van der Waals surface area contributed by atoms with Crippen LogP contribution in [0.1, 0.15) is 117 Å². The number of allylic oxidation sites excluding steroid dienone is 5. The molecule has 0 aliphatic heterocycles. The number of carbonyl (C=O) groups excluding carboxylic acids is 1. The van der Waals surface area contributed by atoms with Gasteiger partial charge in [0.2, 0.25) is 0 Å². The third kappa shape index (κ3) is 5.28. The van der Waals surface area contributed by atoms with Crippen molar-refractivity contribution < 1.29 is 13.9 Å². The Morgan fingerprint density at radius 2 is 1.72 bits per heavy atom. The van der Waals surface area contributed by atoms with Crippen molar-refractivity contribution in [3.63, 3.8) is 0 Å². The van der Waals surface area contributed by atoms with Gasteiger partial charge in [0.25, 0.3) is 0 Å². The van der Waals surface area contributed by atoms with E-state index in [1.165, 1.54) is 62.5 Å². The highest BCUT2D eigenvalue weighted by atomic mass is 19.1. The standard InChI is InChI=1S/C45H65FN2O2/c1-7-32-17-24-45(48-28-27-47)26-25-42(5)35(38(32)45)13-14-37-41(4)20-18-34(40(2,3)36(41)19-21-43(37,42)6)33-15-22-44(30-46,23-16-33)39(49)50-29-31-11-9-8-10-12-31/h7-12,15,18,32,35-38,48H,1,13-14,16-17,19-30,47H2,2-6H3/t32-,35-,36+,37-,38-,41+,42-,43-,44+,45+/m1/s1. The maximum absolute atomic E-state index is 14.7. The molecule has 6 aliphatic carbocycles. The molecule has 0 unspecified atom stereocenters. The average molecular weight is 685 g/mol. The minimum absolute atomic E-state index is 0.0225. The van der Waals surface area contributed by atoms with E-state index in [4.69, 9.17) is 10.5 Å². The van der Waals surface area contributed by atoms with Gasteiger partial charge in [-0.25, -0.2) is 4.39 Å². The van der Waals surface area contributed by atoms with Crippen molar-refractivity contribution in [3.05, 3.63) is 71.8 Å². The summed E-state index contributed by atoms with van der Waals surface area (Å²) in [7, 11) is 0. The molecule has 4 nitrogen and oxygen atoms in total. The van der Waals surface area contributed by atoms with E-state index in [1.807, 2.05) is 30.3 Å². The zero-order valence-corrected chi connectivity index (χ0v) is 31.8. The van der Waals surface area contributed by atoms with E-state index in [9.17, 15) is 9.18 Å². The molecule has 1 aromatic rings. The lowest BCUT2D eigenvalue weighted by Gasteiger charge is -2.72. The van der Waals surface area contributed by atoms with Gasteiger partial charge < -0.3 is 15.8 Å². The Morgan fingerprint density at radius 3 is 2.40 bits per heavy atom. The monoisotopic (exact) mass is 685 g/mol. The molecule has 0 bridgehead atoms. The first kappa shape index (κ1) is 36.1. The quantitative estimate of drug-likeness (QED) is 0.201. The summed E-state index contributed by atoms with van der Waals surface area (Å²) >= 11 is 0. The van der Waals surface area contributed by atoms with Crippen LogP contribution in [0, 0.1) is 56.7 Å². The molecule has 4 saturated carbocycles. The topological polar surface area (TPSA) is 64.3 Å². The van der Waals surface area contributed by atoms with Crippen LogP contribution in [0.5, 0.6) is 0 Å². The van der Waals surface area contributed by atoms with Gasteiger partial charge in [0.1, 0.15) is 13.3 Å². The van der Waals surface area contributed by atoms with Gasteiger partial charge in [0.05, 0.1) is 5.41 Å². The summed E-state index contributed by atoms with van der Waals surface area (Å²) in [5.74, 6) is 2.87. The highest BCUT2D eigenvalue weighted by Crippen LogP contribution is 2.76. The lowest BCUT2D eigenvalue weighted by atomic mass is 9.33. The fraction of sp³-hybridized carbons (Fsp3) is 0.711. The third-order valence-electron chi connectivity index (χ3n) is 16.8. The van der Waals surface area contributed by atoms with Crippen molar-refractivity contribution in [2.45, 2.75) is 124 Å². The largest absolute Gasteiger partial charge is 0.460 e. The Balaban J connectivity index is 1.12. The van der Waals surface area contributed by atoms with E-state index in [0.29, 0.717) is 53.9 Å². The summed E-state index contributed by atoms with van der Waals surface area (Å²) in [4.78, 5) is 13.3. The number of ether oxygens (including phenoxy) is 1. The van der Waals surface area contributed by atoms with Crippen molar-refractivity contribution in [2.75, 3.05) is 19.8 Å². The van der Waals surface area contributed by atoms with Crippen LogP contribution in [-0.2, 0) is 16.1 Å². The summed E-state index contributed by atoms with van der Waals surface area (Å²) < 4.78 is 20.4. The Kier molecular flexibility index (Phi) is 9.40. The second kappa shape index (κ2) is 13.0. The number of nitrogens with two attached hydrogens (primary N) is 1.